The molecule has 1 aromatic rings. The van der Waals surface area contributed by atoms with Gasteiger partial charge in [-0.25, -0.2) is 0 Å². The number of rotatable bonds is 7. The Morgan fingerprint density at radius 3 is 2.73 bits per heavy atom. The summed E-state index contributed by atoms with van der Waals surface area (Å²) >= 11 is 0. The van der Waals surface area contributed by atoms with Crippen LogP contribution in [0.15, 0.2) is 18.2 Å². The van der Waals surface area contributed by atoms with Gasteiger partial charge in [0.05, 0.1) is 5.56 Å². The topological polar surface area (TPSA) is 67.4 Å². The maximum absolute atomic E-state index is 12.0. The van der Waals surface area contributed by atoms with Crippen molar-refractivity contribution in [3.05, 3.63) is 29.3 Å². The summed E-state index contributed by atoms with van der Waals surface area (Å²) < 4.78 is 5.63. The molecule has 0 radical (unpaired) electrons. The molecule has 1 aliphatic carbocycles. The molecule has 1 saturated carbocycles. The van der Waals surface area contributed by atoms with Crippen molar-refractivity contribution < 1.29 is 14.3 Å². The van der Waals surface area contributed by atoms with E-state index in [4.69, 9.17) is 4.74 Å². The van der Waals surface area contributed by atoms with E-state index in [1.54, 1.807) is 6.07 Å². The summed E-state index contributed by atoms with van der Waals surface area (Å²) in [5.41, 5.74) is 1.30. The molecule has 1 aliphatic rings. The van der Waals surface area contributed by atoms with E-state index in [9.17, 15) is 9.59 Å². The molecule has 120 valence electrons. The average Bonchev–Trinajstić information content (AvgIpc) is 3.30. The number of hydrogen-bond acceptors (Lipinski definition) is 3. The molecule has 2 rings (SSSR count). The van der Waals surface area contributed by atoms with E-state index in [1.165, 1.54) is 12.8 Å². The van der Waals surface area contributed by atoms with Crippen LogP contribution in [0.2, 0.25) is 0 Å². The Balaban J connectivity index is 1.98. The molecule has 0 aliphatic heterocycles. The van der Waals surface area contributed by atoms with E-state index in [-0.39, 0.29) is 24.5 Å². The summed E-state index contributed by atoms with van der Waals surface area (Å²) in [6.07, 6.45) is 2.36. The van der Waals surface area contributed by atoms with Gasteiger partial charge >= 0.3 is 0 Å². The van der Waals surface area contributed by atoms with Crippen LogP contribution < -0.4 is 15.4 Å². The highest BCUT2D eigenvalue weighted by Crippen LogP contribution is 2.32. The highest BCUT2D eigenvalue weighted by Gasteiger charge is 2.29. The molecule has 1 fully saturated rings. The first kappa shape index (κ1) is 16.3. The van der Waals surface area contributed by atoms with Gasteiger partial charge in [-0.3, -0.25) is 9.59 Å². The molecule has 0 aromatic heterocycles. The Morgan fingerprint density at radius 2 is 2.09 bits per heavy atom. The van der Waals surface area contributed by atoms with Gasteiger partial charge in [0.2, 0.25) is 0 Å². The third-order valence-corrected chi connectivity index (χ3v) is 3.86. The first-order chi connectivity index (χ1) is 10.5. The van der Waals surface area contributed by atoms with Crippen LogP contribution in [-0.2, 0) is 4.79 Å². The zero-order valence-electron chi connectivity index (χ0n) is 13.4. The van der Waals surface area contributed by atoms with Gasteiger partial charge in [0.15, 0.2) is 6.61 Å². The van der Waals surface area contributed by atoms with Crippen molar-refractivity contribution >= 4 is 11.8 Å². The van der Waals surface area contributed by atoms with Gasteiger partial charge in [-0.1, -0.05) is 12.1 Å². The van der Waals surface area contributed by atoms with Crippen LogP contribution >= 0.6 is 0 Å². The van der Waals surface area contributed by atoms with Gasteiger partial charge < -0.3 is 15.4 Å². The third kappa shape index (κ3) is 4.23. The highest BCUT2D eigenvalue weighted by molar-refractivity contribution is 5.97. The fourth-order valence-electron chi connectivity index (χ4n) is 2.43. The van der Waals surface area contributed by atoms with Gasteiger partial charge in [-0.05, 0) is 51.2 Å². The lowest BCUT2D eigenvalue weighted by molar-refractivity contribution is -0.123. The van der Waals surface area contributed by atoms with Crippen molar-refractivity contribution in [2.45, 2.75) is 39.7 Å². The SMILES string of the molecule is CCNC(=O)c1cccc(C)c1OCC(=O)N[C@H](C)C1CC1. The second-order valence-electron chi connectivity index (χ2n) is 5.79. The van der Waals surface area contributed by atoms with E-state index in [0.29, 0.717) is 23.8 Å². The van der Waals surface area contributed by atoms with Gasteiger partial charge in [0.1, 0.15) is 5.75 Å². The lowest BCUT2D eigenvalue weighted by Crippen LogP contribution is -2.37. The number of ether oxygens (including phenoxy) is 1. The number of carbonyl (C=O) groups is 2. The maximum atomic E-state index is 12.0. The van der Waals surface area contributed by atoms with Crippen LogP contribution in [0.1, 0.15) is 42.6 Å². The number of nitrogens with one attached hydrogen (secondary N) is 2. The maximum Gasteiger partial charge on any atom is 0.258 e. The van der Waals surface area contributed by atoms with Gasteiger partial charge in [-0.2, -0.15) is 0 Å². The molecule has 0 bridgehead atoms. The van der Waals surface area contributed by atoms with Gasteiger partial charge in [0, 0.05) is 12.6 Å². The lowest BCUT2D eigenvalue weighted by atomic mass is 10.1. The first-order valence-corrected chi connectivity index (χ1v) is 7.83. The Hall–Kier alpha value is -2.04. The predicted octanol–water partition coefficient (Wildman–Crippen LogP) is 2.04. The van der Waals surface area contributed by atoms with Crippen LogP contribution in [0.3, 0.4) is 0 Å². The molecule has 0 unspecified atom stereocenters. The molecule has 2 N–H and O–H groups in total. The Labute approximate surface area is 131 Å². The zero-order chi connectivity index (χ0) is 16.1. The molecule has 1 atom stereocenters. The normalized spacial score (nSPS) is 15.0. The molecule has 2 amide bonds. The number of amides is 2. The fourth-order valence-corrected chi connectivity index (χ4v) is 2.43. The minimum absolute atomic E-state index is 0.0751. The Morgan fingerprint density at radius 1 is 1.36 bits per heavy atom. The standard InChI is InChI=1S/C17H24N2O3/c1-4-18-17(21)14-7-5-6-11(2)16(14)22-10-15(20)19-12(3)13-8-9-13/h5-7,12-13H,4,8-10H2,1-3H3,(H,18,21)(H,19,20)/t12-/m1/s1. The van der Waals surface area contributed by atoms with Crippen LogP contribution in [0.25, 0.3) is 0 Å². The average molecular weight is 304 g/mol. The molecule has 22 heavy (non-hydrogen) atoms. The van der Waals surface area contributed by atoms with Crippen molar-refractivity contribution in [2.75, 3.05) is 13.2 Å². The summed E-state index contributed by atoms with van der Waals surface area (Å²) in [7, 11) is 0. The summed E-state index contributed by atoms with van der Waals surface area (Å²) in [4.78, 5) is 24.0. The van der Waals surface area contributed by atoms with Gasteiger partial charge in [0.25, 0.3) is 11.8 Å². The van der Waals surface area contributed by atoms with Crippen LogP contribution in [0.5, 0.6) is 5.75 Å². The molecular formula is C17H24N2O3. The summed E-state index contributed by atoms with van der Waals surface area (Å²) in [6.45, 7) is 6.22. The predicted molar refractivity (Wildman–Crippen MR) is 85.0 cm³/mol. The number of aryl methyl sites for hydroxylation is 1. The summed E-state index contributed by atoms with van der Waals surface area (Å²) in [5, 5.41) is 5.69. The van der Waals surface area contributed by atoms with Crippen LogP contribution in [0.4, 0.5) is 0 Å². The second kappa shape index (κ2) is 7.29. The molecule has 0 heterocycles. The van der Waals surface area contributed by atoms with Crippen LogP contribution in [0, 0.1) is 12.8 Å². The van der Waals surface area contributed by atoms with Crippen molar-refractivity contribution in [2.24, 2.45) is 5.92 Å². The minimum Gasteiger partial charge on any atom is -0.483 e. The molecule has 0 spiro atoms. The number of para-hydroxylation sites is 1. The Bertz CT molecular complexity index is 553. The minimum atomic E-state index is -0.187. The first-order valence-electron chi connectivity index (χ1n) is 7.83. The second-order valence-corrected chi connectivity index (χ2v) is 5.79. The van der Waals surface area contributed by atoms with Gasteiger partial charge in [-0.15, -0.1) is 0 Å². The number of carbonyl (C=O) groups excluding carboxylic acids is 2. The van der Waals surface area contributed by atoms with E-state index in [1.807, 2.05) is 32.9 Å². The quantitative estimate of drug-likeness (QED) is 0.810. The molecule has 0 saturated heterocycles. The summed E-state index contributed by atoms with van der Waals surface area (Å²) in [6, 6.07) is 5.57. The fraction of sp³-hybridized carbons (Fsp3) is 0.529. The largest absolute Gasteiger partial charge is 0.483 e. The van der Waals surface area contributed by atoms with Crippen LogP contribution in [-0.4, -0.2) is 31.0 Å². The van der Waals surface area contributed by atoms with E-state index in [2.05, 4.69) is 10.6 Å². The van der Waals surface area contributed by atoms with Crippen molar-refractivity contribution in [3.8, 4) is 5.75 Å². The molecular weight excluding hydrogens is 280 g/mol. The third-order valence-electron chi connectivity index (χ3n) is 3.86. The van der Waals surface area contributed by atoms with Crippen molar-refractivity contribution in [1.29, 1.82) is 0 Å². The van der Waals surface area contributed by atoms with Crippen molar-refractivity contribution in [1.82, 2.24) is 10.6 Å². The monoisotopic (exact) mass is 304 g/mol. The smallest absolute Gasteiger partial charge is 0.258 e. The number of benzene rings is 1. The summed E-state index contributed by atoms with van der Waals surface area (Å²) in [5.74, 6) is 0.744. The highest BCUT2D eigenvalue weighted by atomic mass is 16.5. The van der Waals surface area contributed by atoms with E-state index >= 15 is 0 Å². The molecule has 1 aromatic carbocycles. The zero-order valence-corrected chi connectivity index (χ0v) is 13.4. The number of hydrogen-bond donors (Lipinski definition) is 2. The molecule has 5 heteroatoms. The van der Waals surface area contributed by atoms with E-state index < -0.39 is 0 Å². The lowest BCUT2D eigenvalue weighted by Gasteiger charge is -2.16. The molecule has 5 nitrogen and oxygen atoms in total. The van der Waals surface area contributed by atoms with E-state index in [0.717, 1.165) is 5.56 Å². The van der Waals surface area contributed by atoms with Crippen molar-refractivity contribution in [3.63, 3.8) is 0 Å². The Kier molecular flexibility index (Phi) is 5.41.